The Hall–Kier alpha value is -1.00. The van der Waals surface area contributed by atoms with Crippen molar-refractivity contribution < 1.29 is 0 Å². The van der Waals surface area contributed by atoms with Crippen LogP contribution in [0.5, 0.6) is 0 Å². The summed E-state index contributed by atoms with van der Waals surface area (Å²) in [4.78, 5) is 0. The maximum absolute atomic E-state index is 5.79. The molecule has 0 saturated heterocycles. The van der Waals surface area contributed by atoms with Crippen LogP contribution < -0.4 is 11.1 Å². The molecular formula is C13H12Br2N2. The molecule has 0 saturated carbocycles. The van der Waals surface area contributed by atoms with Crippen LogP contribution in [0.2, 0.25) is 0 Å². The fraction of sp³-hybridized carbons (Fsp3) is 0.0769. The van der Waals surface area contributed by atoms with E-state index in [2.05, 4.69) is 37.2 Å². The van der Waals surface area contributed by atoms with Crippen LogP contribution in [0, 0.1) is 6.92 Å². The molecule has 2 aromatic carbocycles. The normalized spacial score (nSPS) is 10.3. The van der Waals surface area contributed by atoms with Gasteiger partial charge < -0.3 is 11.1 Å². The molecule has 4 heteroatoms. The first kappa shape index (κ1) is 12.5. The molecule has 2 aromatic rings. The Balaban J connectivity index is 2.31. The molecule has 0 aliphatic rings. The zero-order chi connectivity index (χ0) is 12.4. The third-order valence-corrected chi connectivity index (χ3v) is 3.66. The summed E-state index contributed by atoms with van der Waals surface area (Å²) in [5.74, 6) is 0. The van der Waals surface area contributed by atoms with Gasteiger partial charge in [0.2, 0.25) is 0 Å². The third-order valence-electron chi connectivity index (χ3n) is 2.48. The summed E-state index contributed by atoms with van der Waals surface area (Å²) in [5, 5.41) is 3.35. The van der Waals surface area contributed by atoms with Crippen molar-refractivity contribution in [2.24, 2.45) is 0 Å². The average molecular weight is 356 g/mol. The minimum absolute atomic E-state index is 0.809. The van der Waals surface area contributed by atoms with Crippen LogP contribution >= 0.6 is 31.9 Å². The molecule has 0 spiro atoms. The molecule has 0 heterocycles. The van der Waals surface area contributed by atoms with Crippen molar-refractivity contribution in [3.05, 3.63) is 50.9 Å². The lowest BCUT2D eigenvalue weighted by Gasteiger charge is -2.10. The van der Waals surface area contributed by atoms with E-state index >= 15 is 0 Å². The van der Waals surface area contributed by atoms with Crippen LogP contribution in [-0.4, -0.2) is 0 Å². The molecule has 17 heavy (non-hydrogen) atoms. The fourth-order valence-corrected chi connectivity index (χ4v) is 2.21. The van der Waals surface area contributed by atoms with E-state index in [1.165, 1.54) is 0 Å². The smallest absolute Gasteiger partial charge is 0.0539 e. The highest BCUT2D eigenvalue weighted by Gasteiger charge is 2.02. The predicted octanol–water partition coefficient (Wildman–Crippen LogP) is 4.85. The molecule has 0 aliphatic carbocycles. The summed E-state index contributed by atoms with van der Waals surface area (Å²) in [6.45, 7) is 2.00. The summed E-state index contributed by atoms with van der Waals surface area (Å²) >= 11 is 6.97. The summed E-state index contributed by atoms with van der Waals surface area (Å²) in [6.07, 6.45) is 0. The Morgan fingerprint density at radius 1 is 1.06 bits per heavy atom. The Morgan fingerprint density at radius 2 is 1.82 bits per heavy atom. The fourth-order valence-electron chi connectivity index (χ4n) is 1.50. The van der Waals surface area contributed by atoms with Crippen molar-refractivity contribution in [3.63, 3.8) is 0 Å². The Morgan fingerprint density at radius 3 is 2.53 bits per heavy atom. The van der Waals surface area contributed by atoms with Gasteiger partial charge >= 0.3 is 0 Å². The third kappa shape index (κ3) is 3.01. The Labute approximate surface area is 117 Å². The lowest BCUT2D eigenvalue weighted by Crippen LogP contribution is -1.94. The zero-order valence-corrected chi connectivity index (χ0v) is 12.5. The van der Waals surface area contributed by atoms with Crippen LogP contribution in [0.3, 0.4) is 0 Å². The molecule has 88 valence electrons. The van der Waals surface area contributed by atoms with Crippen molar-refractivity contribution in [1.29, 1.82) is 0 Å². The Kier molecular flexibility index (Phi) is 3.74. The SMILES string of the molecule is Cc1cc(Nc2cc(Br)ccc2Br)ccc1N. The summed E-state index contributed by atoms with van der Waals surface area (Å²) in [6, 6.07) is 11.9. The van der Waals surface area contributed by atoms with Crippen LogP contribution in [0.1, 0.15) is 5.56 Å². The van der Waals surface area contributed by atoms with E-state index in [9.17, 15) is 0 Å². The van der Waals surface area contributed by atoms with Gasteiger partial charge in [-0.15, -0.1) is 0 Å². The molecule has 0 unspecified atom stereocenters. The number of nitrogens with one attached hydrogen (secondary N) is 1. The number of anilines is 3. The van der Waals surface area contributed by atoms with Crippen molar-refractivity contribution >= 4 is 48.9 Å². The molecule has 3 N–H and O–H groups in total. The number of nitrogens with two attached hydrogens (primary N) is 1. The number of hydrogen-bond donors (Lipinski definition) is 2. The molecule has 2 nitrogen and oxygen atoms in total. The first-order valence-corrected chi connectivity index (χ1v) is 6.73. The second kappa shape index (κ2) is 5.10. The molecule has 0 fully saturated rings. The van der Waals surface area contributed by atoms with E-state index in [4.69, 9.17) is 5.73 Å². The molecule has 0 aliphatic heterocycles. The number of halogens is 2. The number of rotatable bonds is 2. The van der Waals surface area contributed by atoms with Crippen molar-refractivity contribution in [2.45, 2.75) is 6.92 Å². The second-order valence-electron chi connectivity index (χ2n) is 3.82. The van der Waals surface area contributed by atoms with Crippen molar-refractivity contribution in [3.8, 4) is 0 Å². The van der Waals surface area contributed by atoms with Crippen molar-refractivity contribution in [2.75, 3.05) is 11.1 Å². The van der Waals surface area contributed by atoms with E-state index in [0.29, 0.717) is 0 Å². The van der Waals surface area contributed by atoms with Gasteiger partial charge in [-0.25, -0.2) is 0 Å². The maximum Gasteiger partial charge on any atom is 0.0539 e. The van der Waals surface area contributed by atoms with Gasteiger partial charge in [-0.05, 0) is 64.8 Å². The van der Waals surface area contributed by atoms with Gasteiger partial charge in [0.25, 0.3) is 0 Å². The minimum Gasteiger partial charge on any atom is -0.399 e. The summed E-state index contributed by atoms with van der Waals surface area (Å²) in [5.41, 5.74) is 9.71. The Bertz CT molecular complexity index is 553. The zero-order valence-electron chi connectivity index (χ0n) is 9.30. The van der Waals surface area contributed by atoms with Gasteiger partial charge in [0, 0.05) is 20.3 Å². The molecule has 0 amide bonds. The van der Waals surface area contributed by atoms with E-state index in [1.807, 2.05) is 43.3 Å². The molecule has 0 atom stereocenters. The van der Waals surface area contributed by atoms with E-state index in [0.717, 1.165) is 31.6 Å². The van der Waals surface area contributed by atoms with E-state index in [1.54, 1.807) is 0 Å². The van der Waals surface area contributed by atoms with Crippen LogP contribution in [0.15, 0.2) is 45.3 Å². The van der Waals surface area contributed by atoms with Crippen LogP contribution in [0.4, 0.5) is 17.1 Å². The van der Waals surface area contributed by atoms with Gasteiger partial charge in [0.1, 0.15) is 0 Å². The summed E-state index contributed by atoms with van der Waals surface area (Å²) < 4.78 is 2.06. The lowest BCUT2D eigenvalue weighted by atomic mass is 10.2. The van der Waals surface area contributed by atoms with Crippen LogP contribution in [-0.2, 0) is 0 Å². The van der Waals surface area contributed by atoms with Gasteiger partial charge in [-0.2, -0.15) is 0 Å². The molecule has 0 bridgehead atoms. The van der Waals surface area contributed by atoms with E-state index < -0.39 is 0 Å². The lowest BCUT2D eigenvalue weighted by molar-refractivity contribution is 1.44. The number of nitrogen functional groups attached to an aromatic ring is 1. The molecule has 2 rings (SSSR count). The van der Waals surface area contributed by atoms with Gasteiger partial charge in [0.15, 0.2) is 0 Å². The monoisotopic (exact) mass is 354 g/mol. The summed E-state index contributed by atoms with van der Waals surface area (Å²) in [7, 11) is 0. The number of hydrogen-bond acceptors (Lipinski definition) is 2. The van der Waals surface area contributed by atoms with Crippen LogP contribution in [0.25, 0.3) is 0 Å². The van der Waals surface area contributed by atoms with Gasteiger partial charge in [-0.3, -0.25) is 0 Å². The predicted molar refractivity (Wildman–Crippen MR) is 80.7 cm³/mol. The molecular weight excluding hydrogens is 344 g/mol. The maximum atomic E-state index is 5.79. The first-order valence-electron chi connectivity index (χ1n) is 5.14. The van der Waals surface area contributed by atoms with Gasteiger partial charge in [-0.1, -0.05) is 15.9 Å². The standard InChI is InChI=1S/C13H12Br2N2/c1-8-6-10(3-5-12(8)16)17-13-7-9(14)2-4-11(13)15/h2-7,17H,16H2,1H3. The highest BCUT2D eigenvalue weighted by Crippen LogP contribution is 2.29. The quantitative estimate of drug-likeness (QED) is 0.756. The van der Waals surface area contributed by atoms with Gasteiger partial charge in [0.05, 0.1) is 5.69 Å². The largest absolute Gasteiger partial charge is 0.399 e. The van der Waals surface area contributed by atoms with E-state index in [-0.39, 0.29) is 0 Å². The highest BCUT2D eigenvalue weighted by atomic mass is 79.9. The number of benzene rings is 2. The minimum atomic E-state index is 0.809. The molecule has 0 aromatic heterocycles. The topological polar surface area (TPSA) is 38.0 Å². The highest BCUT2D eigenvalue weighted by molar-refractivity contribution is 9.11. The molecule has 0 radical (unpaired) electrons. The average Bonchev–Trinajstić information content (AvgIpc) is 2.29. The number of aryl methyl sites for hydroxylation is 1. The van der Waals surface area contributed by atoms with Crippen molar-refractivity contribution in [1.82, 2.24) is 0 Å². The first-order chi connectivity index (χ1) is 8.06. The second-order valence-corrected chi connectivity index (χ2v) is 5.59.